The van der Waals surface area contributed by atoms with Crippen molar-refractivity contribution in [3.63, 3.8) is 0 Å². The Balaban J connectivity index is 1.25. The average molecular weight is 578 g/mol. The molecular formula is C29H31N5O8. The van der Waals surface area contributed by atoms with Gasteiger partial charge in [-0.25, -0.2) is 4.79 Å². The summed E-state index contributed by atoms with van der Waals surface area (Å²) in [4.78, 5) is 65.4. The van der Waals surface area contributed by atoms with E-state index in [0.717, 1.165) is 23.3 Å². The highest BCUT2D eigenvalue weighted by Crippen LogP contribution is 2.31. The predicted molar refractivity (Wildman–Crippen MR) is 146 cm³/mol. The van der Waals surface area contributed by atoms with Crippen LogP contribution in [0.25, 0.3) is 0 Å². The fourth-order valence-corrected chi connectivity index (χ4v) is 4.97. The predicted octanol–water partition coefficient (Wildman–Crippen LogP) is 0.424. The maximum atomic E-state index is 13.5. The Labute approximate surface area is 241 Å². The van der Waals surface area contributed by atoms with E-state index in [4.69, 9.17) is 14.2 Å². The maximum absolute atomic E-state index is 13.5. The van der Waals surface area contributed by atoms with Crippen molar-refractivity contribution in [3.8, 4) is 17.2 Å². The molecule has 1 saturated carbocycles. The first-order valence-electron chi connectivity index (χ1n) is 13.9. The van der Waals surface area contributed by atoms with Crippen LogP contribution in [0.1, 0.15) is 28.8 Å². The van der Waals surface area contributed by atoms with Crippen LogP contribution in [-0.2, 0) is 20.9 Å². The first-order chi connectivity index (χ1) is 20.3. The summed E-state index contributed by atoms with van der Waals surface area (Å²) in [5, 5.41) is 8.19. The second-order valence-corrected chi connectivity index (χ2v) is 10.8. The highest BCUT2D eigenvalue weighted by atomic mass is 16.5. The van der Waals surface area contributed by atoms with Gasteiger partial charge in [-0.05, 0) is 48.6 Å². The van der Waals surface area contributed by atoms with E-state index in [1.807, 2.05) is 12.1 Å². The minimum absolute atomic E-state index is 0.108. The molecule has 0 aromatic heterocycles. The maximum Gasteiger partial charge on any atom is 0.325 e. The number of urea groups is 1. The zero-order valence-corrected chi connectivity index (χ0v) is 22.8. The summed E-state index contributed by atoms with van der Waals surface area (Å²) in [5.74, 6) is 0.0860. The lowest BCUT2D eigenvalue weighted by atomic mass is 10.1. The van der Waals surface area contributed by atoms with Crippen LogP contribution in [-0.4, -0.2) is 91.0 Å². The standard InChI is InChI=1S/C29H31N5O8/c35-25-16-41-22-8-19(7-21(9-22)40-15-18-1-2-18)28(38)32-23-12-33(27(37)14-34-26(36)11-31-29(34)39)13-24(23)42-20-5-3-17(4-6-20)10-30-25/h3-9,18,23-24H,1-2,10-16H2,(H,30,35)(H,31,39)(H,32,38)/t23-,24-/m0/s1. The molecule has 2 atom stereocenters. The van der Waals surface area contributed by atoms with Gasteiger partial charge in [0.1, 0.15) is 29.9 Å². The smallest absolute Gasteiger partial charge is 0.325 e. The molecule has 0 unspecified atom stereocenters. The van der Waals surface area contributed by atoms with E-state index in [-0.39, 0.29) is 44.3 Å². The molecule has 5 aliphatic rings. The molecule has 4 heterocycles. The van der Waals surface area contributed by atoms with Crippen molar-refractivity contribution in [2.24, 2.45) is 5.92 Å². The second kappa shape index (κ2) is 11.6. The van der Waals surface area contributed by atoms with Crippen molar-refractivity contribution in [2.45, 2.75) is 31.5 Å². The van der Waals surface area contributed by atoms with Gasteiger partial charge < -0.3 is 35.1 Å². The minimum atomic E-state index is -0.618. The van der Waals surface area contributed by atoms with Crippen LogP contribution < -0.4 is 30.2 Å². The molecule has 220 valence electrons. The number of nitrogens with zero attached hydrogens (tertiary/aromatic N) is 2. The Bertz CT molecular complexity index is 1390. The number of amides is 6. The molecule has 6 amide bonds. The molecule has 0 spiro atoms. The number of imide groups is 1. The van der Waals surface area contributed by atoms with E-state index in [1.165, 1.54) is 11.0 Å². The number of hydrogen-bond donors (Lipinski definition) is 3. The molecule has 1 aliphatic carbocycles. The molecule has 3 fully saturated rings. The Kier molecular flexibility index (Phi) is 7.55. The number of fused-ring (bicyclic) bond motifs is 7. The minimum Gasteiger partial charge on any atom is -0.493 e. The van der Waals surface area contributed by atoms with E-state index >= 15 is 0 Å². The van der Waals surface area contributed by atoms with E-state index in [1.54, 1.807) is 24.3 Å². The van der Waals surface area contributed by atoms with E-state index < -0.39 is 42.4 Å². The largest absolute Gasteiger partial charge is 0.493 e. The topological polar surface area (TPSA) is 156 Å². The molecule has 0 radical (unpaired) electrons. The third-order valence-corrected chi connectivity index (χ3v) is 7.56. The molecule has 3 N–H and O–H groups in total. The number of carbonyl (C=O) groups excluding carboxylic acids is 5. The molecule has 2 saturated heterocycles. The van der Waals surface area contributed by atoms with Crippen LogP contribution in [0, 0.1) is 5.92 Å². The van der Waals surface area contributed by atoms with E-state index in [9.17, 15) is 24.0 Å². The van der Waals surface area contributed by atoms with Crippen molar-refractivity contribution in [3.05, 3.63) is 53.6 Å². The van der Waals surface area contributed by atoms with Gasteiger partial charge in [-0.2, -0.15) is 0 Å². The van der Waals surface area contributed by atoms with Crippen LogP contribution in [0.2, 0.25) is 0 Å². The van der Waals surface area contributed by atoms with Crippen LogP contribution >= 0.6 is 0 Å². The molecule has 7 rings (SSSR count). The third kappa shape index (κ3) is 6.40. The van der Waals surface area contributed by atoms with Crippen LogP contribution in [0.4, 0.5) is 4.79 Å². The first kappa shape index (κ1) is 27.4. The molecule has 42 heavy (non-hydrogen) atoms. The molecule has 2 aromatic carbocycles. The van der Waals surface area contributed by atoms with Crippen LogP contribution in [0.15, 0.2) is 42.5 Å². The van der Waals surface area contributed by atoms with Crippen molar-refractivity contribution < 1.29 is 38.2 Å². The first-order valence-corrected chi connectivity index (χ1v) is 13.9. The summed E-state index contributed by atoms with van der Waals surface area (Å²) in [5.41, 5.74) is 1.11. The average Bonchev–Trinajstić information content (AvgIpc) is 3.67. The number of likely N-dealkylation sites (tertiary alicyclic amines) is 1. The lowest BCUT2D eigenvalue weighted by Crippen LogP contribution is -2.45. The highest BCUT2D eigenvalue weighted by Gasteiger charge is 2.40. The summed E-state index contributed by atoms with van der Waals surface area (Å²) < 4.78 is 17.9. The highest BCUT2D eigenvalue weighted by molar-refractivity contribution is 6.04. The van der Waals surface area contributed by atoms with Gasteiger partial charge >= 0.3 is 6.03 Å². The zero-order chi connectivity index (χ0) is 29.2. The number of ether oxygens (including phenoxy) is 3. The van der Waals surface area contributed by atoms with Crippen molar-refractivity contribution >= 4 is 29.7 Å². The number of rotatable bonds is 5. The van der Waals surface area contributed by atoms with Crippen molar-refractivity contribution in [1.29, 1.82) is 0 Å². The number of nitrogens with one attached hydrogen (secondary N) is 3. The molecule has 13 heteroatoms. The normalized spacial score (nSPS) is 22.4. The molecule has 4 bridgehead atoms. The number of benzene rings is 2. The lowest BCUT2D eigenvalue weighted by Gasteiger charge is -2.21. The number of hydrogen-bond acceptors (Lipinski definition) is 8. The SMILES string of the molecule is O=C1COc2cc(OCC3CC3)cc(c2)C(=O)N[C@H]2CN(C(=O)CN3C(=O)CNC3=O)C[C@@H]2Oc2ccc(cc2)CN1. The Morgan fingerprint density at radius 3 is 2.50 bits per heavy atom. The summed E-state index contributed by atoms with van der Waals surface area (Å²) in [6, 6.07) is 10.7. The van der Waals surface area contributed by atoms with Gasteiger partial charge in [-0.3, -0.25) is 24.1 Å². The van der Waals surface area contributed by atoms with Gasteiger partial charge in [-0.1, -0.05) is 12.1 Å². The van der Waals surface area contributed by atoms with Gasteiger partial charge in [0.2, 0.25) is 5.91 Å². The Morgan fingerprint density at radius 2 is 1.76 bits per heavy atom. The third-order valence-electron chi connectivity index (χ3n) is 7.56. The summed E-state index contributed by atoms with van der Waals surface area (Å²) in [7, 11) is 0. The van der Waals surface area contributed by atoms with Gasteiger partial charge in [0, 0.05) is 24.7 Å². The van der Waals surface area contributed by atoms with Gasteiger partial charge in [-0.15, -0.1) is 0 Å². The molecule has 4 aliphatic heterocycles. The quantitative estimate of drug-likeness (QED) is 0.432. The van der Waals surface area contributed by atoms with Gasteiger partial charge in [0.15, 0.2) is 6.61 Å². The Hall–Kier alpha value is -4.81. The summed E-state index contributed by atoms with van der Waals surface area (Å²) in [6.45, 7) is 0.254. The molecule has 2 aromatic rings. The zero-order valence-electron chi connectivity index (χ0n) is 22.8. The fourth-order valence-electron chi connectivity index (χ4n) is 4.97. The van der Waals surface area contributed by atoms with Crippen LogP contribution in [0.3, 0.4) is 0 Å². The Morgan fingerprint density at radius 1 is 0.952 bits per heavy atom. The second-order valence-electron chi connectivity index (χ2n) is 10.8. The fraction of sp³-hybridized carbons (Fsp3) is 0.414. The molecular weight excluding hydrogens is 546 g/mol. The summed E-state index contributed by atoms with van der Waals surface area (Å²) >= 11 is 0. The monoisotopic (exact) mass is 577 g/mol. The van der Waals surface area contributed by atoms with Crippen LogP contribution in [0.5, 0.6) is 17.2 Å². The van der Waals surface area contributed by atoms with Crippen molar-refractivity contribution in [2.75, 3.05) is 39.4 Å². The van der Waals surface area contributed by atoms with E-state index in [2.05, 4.69) is 16.0 Å². The number of carbonyl (C=O) groups is 5. The van der Waals surface area contributed by atoms with Gasteiger partial charge in [0.05, 0.1) is 25.7 Å². The lowest BCUT2D eigenvalue weighted by molar-refractivity contribution is -0.136. The van der Waals surface area contributed by atoms with Crippen molar-refractivity contribution in [1.82, 2.24) is 25.8 Å². The molecule has 13 nitrogen and oxygen atoms in total. The van der Waals surface area contributed by atoms with E-state index in [0.29, 0.717) is 29.8 Å². The summed E-state index contributed by atoms with van der Waals surface area (Å²) in [6.07, 6.45) is 1.58. The van der Waals surface area contributed by atoms with Gasteiger partial charge in [0.25, 0.3) is 17.7 Å².